The van der Waals surface area contributed by atoms with Crippen molar-refractivity contribution >= 4 is 38.7 Å². The van der Waals surface area contributed by atoms with Gasteiger partial charge in [0.1, 0.15) is 11.0 Å². The summed E-state index contributed by atoms with van der Waals surface area (Å²) >= 11 is 4.95. The molecule has 0 spiro atoms. The van der Waals surface area contributed by atoms with Crippen LogP contribution in [0.4, 0.5) is 5.69 Å². The van der Waals surface area contributed by atoms with Crippen molar-refractivity contribution in [3.63, 3.8) is 0 Å². The SMILES string of the molecule is C[C@@H]1[C@H]2C[C@@H](C[C@H]1Nc1cnn(CC(=O)CCc3cscn3)c(=O)c1Br)C2(C)C. The summed E-state index contributed by atoms with van der Waals surface area (Å²) in [4.78, 5) is 29.2. The van der Waals surface area contributed by atoms with E-state index in [2.05, 4.69) is 52.1 Å². The van der Waals surface area contributed by atoms with Crippen molar-refractivity contribution in [2.45, 2.75) is 59.0 Å². The molecule has 6 nitrogen and oxygen atoms in total. The molecule has 29 heavy (non-hydrogen) atoms. The van der Waals surface area contributed by atoms with Gasteiger partial charge in [0, 0.05) is 17.8 Å². The summed E-state index contributed by atoms with van der Waals surface area (Å²) in [5, 5.41) is 9.74. The molecule has 3 aliphatic carbocycles. The minimum Gasteiger partial charge on any atom is -0.380 e. The average Bonchev–Trinajstić information content (AvgIpc) is 3.20. The van der Waals surface area contributed by atoms with Gasteiger partial charge >= 0.3 is 0 Å². The lowest BCUT2D eigenvalue weighted by Crippen LogP contribution is -2.58. The van der Waals surface area contributed by atoms with Crippen LogP contribution in [0.5, 0.6) is 0 Å². The molecule has 0 unspecified atom stereocenters. The van der Waals surface area contributed by atoms with E-state index in [4.69, 9.17) is 0 Å². The lowest BCUT2D eigenvalue weighted by atomic mass is 9.45. The second-order valence-corrected chi connectivity index (χ2v) is 10.6. The fraction of sp³-hybridized carbons (Fsp3) is 0.619. The third-order valence-corrected chi connectivity index (χ3v) is 8.55. The number of Topliss-reactive ketones (excluding diaryl/α,β-unsaturated/α-hetero) is 1. The van der Waals surface area contributed by atoms with Gasteiger partial charge in [0.15, 0.2) is 5.78 Å². The van der Waals surface area contributed by atoms with Gasteiger partial charge in [0.05, 0.1) is 23.1 Å². The number of aromatic nitrogens is 3. The third kappa shape index (κ3) is 3.93. The highest BCUT2D eigenvalue weighted by molar-refractivity contribution is 9.10. The molecule has 2 aromatic heterocycles. The number of anilines is 1. The van der Waals surface area contributed by atoms with E-state index < -0.39 is 0 Å². The lowest BCUT2D eigenvalue weighted by molar-refractivity contribution is -0.119. The second-order valence-electron chi connectivity index (χ2n) is 9.06. The summed E-state index contributed by atoms with van der Waals surface area (Å²) in [5.41, 5.74) is 3.54. The van der Waals surface area contributed by atoms with Crippen LogP contribution in [0.3, 0.4) is 0 Å². The van der Waals surface area contributed by atoms with Crippen molar-refractivity contribution in [3.8, 4) is 0 Å². The summed E-state index contributed by atoms with van der Waals surface area (Å²) in [5.74, 6) is 1.99. The highest BCUT2D eigenvalue weighted by atomic mass is 79.9. The molecule has 0 aliphatic heterocycles. The van der Waals surface area contributed by atoms with E-state index in [0.717, 1.165) is 29.6 Å². The van der Waals surface area contributed by atoms with Crippen molar-refractivity contribution in [2.75, 3.05) is 5.32 Å². The summed E-state index contributed by atoms with van der Waals surface area (Å²) in [7, 11) is 0. The summed E-state index contributed by atoms with van der Waals surface area (Å²) in [6.07, 6.45) is 5.05. The lowest BCUT2D eigenvalue weighted by Gasteiger charge is -2.62. The van der Waals surface area contributed by atoms with E-state index in [0.29, 0.717) is 34.7 Å². The maximum absolute atomic E-state index is 12.7. The van der Waals surface area contributed by atoms with E-state index in [-0.39, 0.29) is 17.9 Å². The summed E-state index contributed by atoms with van der Waals surface area (Å²) in [6.45, 7) is 7.05. The first kappa shape index (κ1) is 20.7. The van der Waals surface area contributed by atoms with Crippen LogP contribution in [0.2, 0.25) is 0 Å². The van der Waals surface area contributed by atoms with Crippen LogP contribution in [-0.2, 0) is 17.8 Å². The van der Waals surface area contributed by atoms with Gasteiger partial charge in [-0.15, -0.1) is 11.3 Å². The minimum atomic E-state index is -0.272. The number of nitrogens with zero attached hydrogens (tertiary/aromatic N) is 3. The maximum atomic E-state index is 12.7. The number of fused-ring (bicyclic) bond motifs is 2. The molecule has 4 atom stereocenters. The first-order valence-corrected chi connectivity index (χ1v) is 11.9. The van der Waals surface area contributed by atoms with E-state index in [1.165, 1.54) is 22.4 Å². The molecule has 5 rings (SSSR count). The Balaban J connectivity index is 1.40. The molecular formula is C21H27BrN4O2S. The number of nitrogens with one attached hydrogen (secondary N) is 1. The van der Waals surface area contributed by atoms with Crippen LogP contribution in [0.15, 0.2) is 26.4 Å². The van der Waals surface area contributed by atoms with Gasteiger partial charge in [-0.2, -0.15) is 5.10 Å². The number of ketones is 1. The molecule has 0 radical (unpaired) electrons. The molecule has 3 aliphatic rings. The van der Waals surface area contributed by atoms with Gasteiger partial charge in [-0.25, -0.2) is 9.67 Å². The minimum absolute atomic E-state index is 0.0139. The van der Waals surface area contributed by atoms with E-state index in [9.17, 15) is 9.59 Å². The molecule has 2 bridgehead atoms. The van der Waals surface area contributed by atoms with Crippen LogP contribution in [0, 0.1) is 23.2 Å². The number of aryl methyl sites for hydroxylation is 1. The molecule has 3 fully saturated rings. The van der Waals surface area contributed by atoms with Crippen LogP contribution in [0.1, 0.15) is 45.7 Å². The predicted octanol–water partition coefficient (Wildman–Crippen LogP) is 4.15. The van der Waals surface area contributed by atoms with Crippen LogP contribution < -0.4 is 10.9 Å². The van der Waals surface area contributed by atoms with Gasteiger partial charge in [-0.3, -0.25) is 9.59 Å². The van der Waals surface area contributed by atoms with Gasteiger partial charge < -0.3 is 5.32 Å². The Morgan fingerprint density at radius 3 is 2.86 bits per heavy atom. The van der Waals surface area contributed by atoms with Gasteiger partial charge in [0.25, 0.3) is 5.56 Å². The highest BCUT2D eigenvalue weighted by Crippen LogP contribution is 2.61. The Kier molecular flexibility index (Phi) is 5.68. The Labute approximate surface area is 183 Å². The zero-order valence-corrected chi connectivity index (χ0v) is 19.4. The van der Waals surface area contributed by atoms with Gasteiger partial charge in [-0.05, 0) is 58.4 Å². The monoisotopic (exact) mass is 478 g/mol. The number of carbonyl (C=O) groups excluding carboxylic acids is 1. The Morgan fingerprint density at radius 2 is 2.21 bits per heavy atom. The molecule has 3 saturated carbocycles. The van der Waals surface area contributed by atoms with Gasteiger partial charge in [0.2, 0.25) is 0 Å². The third-order valence-electron chi connectivity index (χ3n) is 7.15. The number of carbonyl (C=O) groups is 1. The number of thiazole rings is 1. The Morgan fingerprint density at radius 1 is 1.41 bits per heavy atom. The van der Waals surface area contributed by atoms with Crippen LogP contribution in [0.25, 0.3) is 0 Å². The van der Waals surface area contributed by atoms with Crippen molar-refractivity contribution in [1.82, 2.24) is 14.8 Å². The van der Waals surface area contributed by atoms with Gasteiger partial charge in [-0.1, -0.05) is 20.8 Å². The molecule has 8 heteroatoms. The van der Waals surface area contributed by atoms with E-state index in [1.807, 2.05) is 5.38 Å². The molecule has 0 amide bonds. The molecule has 2 aromatic rings. The average molecular weight is 479 g/mol. The zero-order valence-electron chi connectivity index (χ0n) is 17.0. The van der Waals surface area contributed by atoms with Crippen molar-refractivity contribution in [1.29, 1.82) is 0 Å². The molecule has 1 N–H and O–H groups in total. The highest BCUT2D eigenvalue weighted by Gasteiger charge is 2.56. The second kappa shape index (κ2) is 7.95. The molecular weight excluding hydrogens is 452 g/mol. The number of hydrogen-bond donors (Lipinski definition) is 1. The smallest absolute Gasteiger partial charge is 0.283 e. The van der Waals surface area contributed by atoms with E-state index in [1.54, 1.807) is 11.7 Å². The van der Waals surface area contributed by atoms with Crippen LogP contribution >= 0.6 is 27.3 Å². The maximum Gasteiger partial charge on any atom is 0.283 e. The topological polar surface area (TPSA) is 76.9 Å². The largest absolute Gasteiger partial charge is 0.380 e. The van der Waals surface area contributed by atoms with Crippen molar-refractivity contribution in [2.24, 2.45) is 23.2 Å². The fourth-order valence-corrected chi connectivity index (χ4v) is 6.11. The quantitative estimate of drug-likeness (QED) is 0.646. The van der Waals surface area contributed by atoms with Crippen molar-refractivity contribution in [3.05, 3.63) is 37.6 Å². The molecule has 156 valence electrons. The Bertz CT molecular complexity index is 956. The van der Waals surface area contributed by atoms with E-state index >= 15 is 0 Å². The fourth-order valence-electron chi connectivity index (χ4n) is 5.09. The molecule has 0 saturated heterocycles. The number of rotatable bonds is 7. The summed E-state index contributed by atoms with van der Waals surface area (Å²) < 4.78 is 1.69. The standard InChI is InChI=1S/C21H27BrN4O2S/c1-12-16-6-13(21(16,2)3)7-17(12)25-18-8-24-26(20(28)19(18)22)9-15(27)5-4-14-10-29-11-23-14/h8,10-13,16-17,25H,4-7,9H2,1-3H3/t12-,13+,16-,17-/m1/s1. The summed E-state index contributed by atoms with van der Waals surface area (Å²) in [6, 6.07) is 0.347. The number of hydrogen-bond acceptors (Lipinski definition) is 6. The predicted molar refractivity (Wildman–Crippen MR) is 118 cm³/mol. The zero-order chi connectivity index (χ0) is 20.8. The first-order chi connectivity index (χ1) is 13.8. The molecule has 2 heterocycles. The van der Waals surface area contributed by atoms with Crippen LogP contribution in [-0.4, -0.2) is 26.6 Å². The number of halogens is 1. The normalized spacial score (nSPS) is 27.3. The molecule has 0 aromatic carbocycles. The van der Waals surface area contributed by atoms with Crippen molar-refractivity contribution < 1.29 is 4.79 Å². The first-order valence-electron chi connectivity index (χ1n) is 10.2. The Hall–Kier alpha value is -1.54.